The summed E-state index contributed by atoms with van der Waals surface area (Å²) in [5.74, 6) is 0. The second-order valence-corrected chi connectivity index (χ2v) is 15.0. The molecule has 6 aromatic carbocycles. The summed E-state index contributed by atoms with van der Waals surface area (Å²) in [5.41, 5.74) is 0. The van der Waals surface area contributed by atoms with E-state index in [1.807, 2.05) is 0 Å². The van der Waals surface area contributed by atoms with Gasteiger partial charge in [0.05, 0.1) is 8.07 Å². The molecule has 6 rings (SSSR count). The first-order valence-corrected chi connectivity index (χ1v) is 15.5. The molecule has 0 unspecified atom stereocenters. The van der Waals surface area contributed by atoms with Crippen LogP contribution in [0.1, 0.15) is 27.2 Å². The van der Waals surface area contributed by atoms with Gasteiger partial charge in [0.15, 0.2) is 0 Å². The first-order chi connectivity index (χ1) is 16.7. The molecule has 0 aliphatic heterocycles. The standard InChI is InChI=1S/C33H32Si/c1-4-21-34(5-2,6-3)25-13-16-27-24(22-25)12-15-31-29(27)18-20-32-30-14-11-23-9-7-8-10-26(23)28(30)17-19-33(31)32/h7-20,22H,4-6,21H2,1-3H3. The third-order valence-corrected chi connectivity index (χ3v) is 14.1. The molecule has 0 atom stereocenters. The summed E-state index contributed by atoms with van der Waals surface area (Å²) in [4.78, 5) is 0. The van der Waals surface area contributed by atoms with Crippen molar-refractivity contribution in [3.05, 3.63) is 91.0 Å². The van der Waals surface area contributed by atoms with Crippen LogP contribution in [0.25, 0.3) is 53.9 Å². The number of rotatable bonds is 5. The lowest BCUT2D eigenvalue weighted by molar-refractivity contribution is 1.02. The third kappa shape index (κ3) is 3.10. The highest BCUT2D eigenvalue weighted by molar-refractivity contribution is 6.91. The molecule has 6 aromatic rings. The zero-order valence-corrected chi connectivity index (χ0v) is 21.5. The molecule has 0 heterocycles. The number of hydrogen-bond donors (Lipinski definition) is 0. The van der Waals surface area contributed by atoms with E-state index in [0.717, 1.165) is 0 Å². The van der Waals surface area contributed by atoms with Crippen molar-refractivity contribution in [2.75, 3.05) is 0 Å². The van der Waals surface area contributed by atoms with Crippen molar-refractivity contribution in [3.8, 4) is 0 Å². The highest BCUT2D eigenvalue weighted by Gasteiger charge is 2.30. The van der Waals surface area contributed by atoms with Crippen LogP contribution in [0.4, 0.5) is 0 Å². The van der Waals surface area contributed by atoms with Gasteiger partial charge in [0.25, 0.3) is 0 Å². The molecule has 0 aliphatic carbocycles. The Bertz CT molecular complexity index is 1690. The Labute approximate surface area is 203 Å². The van der Waals surface area contributed by atoms with E-state index in [1.54, 1.807) is 5.19 Å². The minimum atomic E-state index is -1.40. The summed E-state index contributed by atoms with van der Waals surface area (Å²) in [6.07, 6.45) is 1.29. The maximum atomic E-state index is 2.53. The average Bonchev–Trinajstić information content (AvgIpc) is 2.90. The molecule has 168 valence electrons. The number of fused-ring (bicyclic) bond motifs is 9. The normalized spacial score (nSPS) is 12.4. The Morgan fingerprint density at radius 1 is 0.471 bits per heavy atom. The van der Waals surface area contributed by atoms with Crippen LogP contribution in [-0.2, 0) is 0 Å². The van der Waals surface area contributed by atoms with Crippen molar-refractivity contribution in [1.82, 2.24) is 0 Å². The molecule has 0 N–H and O–H groups in total. The van der Waals surface area contributed by atoms with E-state index in [2.05, 4.69) is 112 Å². The summed E-state index contributed by atoms with van der Waals surface area (Å²) in [7, 11) is -1.40. The van der Waals surface area contributed by atoms with Gasteiger partial charge < -0.3 is 0 Å². The number of benzene rings is 6. The molecule has 0 spiro atoms. The molecule has 0 saturated carbocycles. The minimum absolute atomic E-state index is 1.29. The van der Waals surface area contributed by atoms with Crippen molar-refractivity contribution in [2.45, 2.75) is 45.3 Å². The topological polar surface area (TPSA) is 0 Å². The highest BCUT2D eigenvalue weighted by Crippen LogP contribution is 2.37. The fraction of sp³-hybridized carbons (Fsp3) is 0.212. The van der Waals surface area contributed by atoms with Gasteiger partial charge in [-0.15, -0.1) is 0 Å². The Morgan fingerprint density at radius 3 is 1.53 bits per heavy atom. The van der Waals surface area contributed by atoms with Crippen LogP contribution in [0, 0.1) is 0 Å². The summed E-state index contributed by atoms with van der Waals surface area (Å²) >= 11 is 0. The second-order valence-electron chi connectivity index (χ2n) is 9.94. The predicted molar refractivity (Wildman–Crippen MR) is 155 cm³/mol. The van der Waals surface area contributed by atoms with Gasteiger partial charge in [-0.2, -0.15) is 0 Å². The molecular formula is C33H32Si. The smallest absolute Gasteiger partial charge is 0.0675 e. The van der Waals surface area contributed by atoms with Gasteiger partial charge in [0.2, 0.25) is 0 Å². The zero-order chi connectivity index (χ0) is 23.3. The fourth-order valence-electron chi connectivity index (χ4n) is 6.43. The van der Waals surface area contributed by atoms with Crippen molar-refractivity contribution in [2.24, 2.45) is 0 Å². The van der Waals surface area contributed by atoms with Crippen molar-refractivity contribution in [1.29, 1.82) is 0 Å². The Balaban J connectivity index is 1.59. The zero-order valence-electron chi connectivity index (χ0n) is 20.5. The fourth-order valence-corrected chi connectivity index (χ4v) is 10.6. The van der Waals surface area contributed by atoms with Gasteiger partial charge in [0, 0.05) is 0 Å². The minimum Gasteiger partial charge on any atom is -0.0675 e. The van der Waals surface area contributed by atoms with Crippen LogP contribution >= 0.6 is 0 Å². The molecule has 0 fully saturated rings. The third-order valence-electron chi connectivity index (χ3n) is 8.43. The second kappa shape index (κ2) is 8.25. The summed E-state index contributed by atoms with van der Waals surface area (Å²) in [5, 5.41) is 15.2. The van der Waals surface area contributed by atoms with E-state index >= 15 is 0 Å². The van der Waals surface area contributed by atoms with Gasteiger partial charge in [0.1, 0.15) is 0 Å². The molecule has 0 amide bonds. The van der Waals surface area contributed by atoms with Gasteiger partial charge in [-0.05, 0) is 53.9 Å². The summed E-state index contributed by atoms with van der Waals surface area (Å²) in [6.45, 7) is 7.17. The van der Waals surface area contributed by atoms with Crippen molar-refractivity contribution < 1.29 is 0 Å². The molecule has 0 aliphatic rings. The van der Waals surface area contributed by atoms with Crippen LogP contribution in [0.3, 0.4) is 0 Å². The van der Waals surface area contributed by atoms with Crippen LogP contribution in [0.15, 0.2) is 91.0 Å². The Kier molecular flexibility index (Phi) is 5.19. The lowest BCUT2D eigenvalue weighted by Gasteiger charge is -2.30. The van der Waals surface area contributed by atoms with Crippen molar-refractivity contribution in [3.63, 3.8) is 0 Å². The monoisotopic (exact) mass is 456 g/mol. The molecule has 0 saturated heterocycles. The lowest BCUT2D eigenvalue weighted by atomic mass is 9.92. The lowest BCUT2D eigenvalue weighted by Crippen LogP contribution is -2.46. The van der Waals surface area contributed by atoms with E-state index < -0.39 is 8.07 Å². The molecule has 0 radical (unpaired) electrons. The molecule has 34 heavy (non-hydrogen) atoms. The van der Waals surface area contributed by atoms with Gasteiger partial charge in [-0.3, -0.25) is 0 Å². The first kappa shape index (κ1) is 21.4. The molecule has 0 aromatic heterocycles. The first-order valence-electron chi connectivity index (χ1n) is 12.9. The van der Waals surface area contributed by atoms with Crippen LogP contribution in [-0.4, -0.2) is 8.07 Å². The molecule has 0 bridgehead atoms. The van der Waals surface area contributed by atoms with E-state index in [4.69, 9.17) is 0 Å². The predicted octanol–water partition coefficient (Wildman–Crippen LogP) is 9.56. The van der Waals surface area contributed by atoms with Gasteiger partial charge in [-0.1, -0.05) is 142 Å². The Hall–Kier alpha value is -3.16. The maximum Gasteiger partial charge on any atom is 0.0862 e. The van der Waals surface area contributed by atoms with Crippen molar-refractivity contribution >= 4 is 67.1 Å². The van der Waals surface area contributed by atoms with Crippen LogP contribution < -0.4 is 5.19 Å². The summed E-state index contributed by atoms with van der Waals surface area (Å²) in [6, 6.07) is 38.8. The molecular weight excluding hydrogens is 424 g/mol. The van der Waals surface area contributed by atoms with Crippen LogP contribution in [0.5, 0.6) is 0 Å². The number of hydrogen-bond acceptors (Lipinski definition) is 0. The SMILES string of the molecule is CCC[Si](CC)(CC)c1ccc2c(ccc3c2ccc2c4ccc5ccccc5c4ccc32)c1. The highest BCUT2D eigenvalue weighted by atomic mass is 28.3. The largest absolute Gasteiger partial charge is 0.0862 e. The van der Waals surface area contributed by atoms with Gasteiger partial charge in [-0.25, -0.2) is 0 Å². The molecule has 0 nitrogen and oxygen atoms in total. The molecule has 1 heteroatoms. The van der Waals surface area contributed by atoms with E-state index in [9.17, 15) is 0 Å². The average molecular weight is 457 g/mol. The Morgan fingerprint density at radius 2 is 0.941 bits per heavy atom. The summed E-state index contributed by atoms with van der Waals surface area (Å²) < 4.78 is 0. The van der Waals surface area contributed by atoms with Gasteiger partial charge >= 0.3 is 0 Å². The maximum absolute atomic E-state index is 2.53. The quantitative estimate of drug-likeness (QED) is 0.179. The van der Waals surface area contributed by atoms with E-state index in [0.29, 0.717) is 0 Å². The van der Waals surface area contributed by atoms with E-state index in [1.165, 1.54) is 78.4 Å². The van der Waals surface area contributed by atoms with Crippen LogP contribution in [0.2, 0.25) is 18.1 Å². The van der Waals surface area contributed by atoms with E-state index in [-0.39, 0.29) is 0 Å².